The fraction of sp³-hybridized carbons (Fsp3) is 0.538. The zero-order valence-corrected chi connectivity index (χ0v) is 12.8. The minimum absolute atomic E-state index is 0.184. The molecule has 1 aromatic carbocycles. The minimum Gasteiger partial charge on any atom is -0.207 e. The Morgan fingerprint density at radius 3 is 2.56 bits per heavy atom. The highest BCUT2D eigenvalue weighted by Crippen LogP contribution is 2.23. The van der Waals surface area contributed by atoms with Crippen molar-refractivity contribution in [1.82, 2.24) is 0 Å². The molecule has 0 fully saturated rings. The van der Waals surface area contributed by atoms with Crippen molar-refractivity contribution in [2.45, 2.75) is 37.9 Å². The van der Waals surface area contributed by atoms with Gasteiger partial charge in [0.1, 0.15) is 5.82 Å². The van der Waals surface area contributed by atoms with Crippen molar-refractivity contribution in [1.29, 1.82) is 0 Å². The molecule has 0 radical (unpaired) electrons. The van der Waals surface area contributed by atoms with Gasteiger partial charge in [-0.25, -0.2) is 4.39 Å². The molecule has 0 aliphatic rings. The van der Waals surface area contributed by atoms with Gasteiger partial charge in [0.15, 0.2) is 0 Å². The number of halogens is 3. The van der Waals surface area contributed by atoms with Crippen LogP contribution in [0.1, 0.15) is 32.3 Å². The average molecular weight is 352 g/mol. The van der Waals surface area contributed by atoms with Gasteiger partial charge in [0.25, 0.3) is 0 Å². The molecule has 0 aliphatic heterocycles. The molecule has 0 spiro atoms. The van der Waals surface area contributed by atoms with E-state index < -0.39 is 0 Å². The van der Waals surface area contributed by atoms with E-state index in [2.05, 4.69) is 45.7 Å². The van der Waals surface area contributed by atoms with Crippen LogP contribution in [0.3, 0.4) is 0 Å². The SMILES string of the molecule is CC(C)C(Br)CCCc1ccc(F)cc1Br. The smallest absolute Gasteiger partial charge is 0.124 e. The molecule has 0 saturated heterocycles. The van der Waals surface area contributed by atoms with Crippen LogP contribution in [-0.2, 0) is 6.42 Å². The zero-order valence-electron chi connectivity index (χ0n) is 9.64. The summed E-state index contributed by atoms with van der Waals surface area (Å²) in [7, 11) is 0. The van der Waals surface area contributed by atoms with Crippen LogP contribution in [0.25, 0.3) is 0 Å². The van der Waals surface area contributed by atoms with Gasteiger partial charge in [-0.3, -0.25) is 0 Å². The molecule has 0 heterocycles. The van der Waals surface area contributed by atoms with Crippen molar-refractivity contribution in [3.05, 3.63) is 34.1 Å². The second-order valence-corrected chi connectivity index (χ2v) is 6.42. The molecule has 0 N–H and O–H groups in total. The quantitative estimate of drug-likeness (QED) is 0.629. The molecule has 1 aromatic rings. The fourth-order valence-electron chi connectivity index (χ4n) is 1.55. The van der Waals surface area contributed by atoms with Gasteiger partial charge < -0.3 is 0 Å². The van der Waals surface area contributed by atoms with Crippen molar-refractivity contribution < 1.29 is 4.39 Å². The highest BCUT2D eigenvalue weighted by Gasteiger charge is 2.09. The summed E-state index contributed by atoms with van der Waals surface area (Å²) in [6, 6.07) is 4.91. The third-order valence-corrected chi connectivity index (χ3v) is 4.92. The van der Waals surface area contributed by atoms with E-state index in [1.54, 1.807) is 0 Å². The molecule has 3 heteroatoms. The first kappa shape index (κ1) is 14.2. The summed E-state index contributed by atoms with van der Waals surface area (Å²) in [4.78, 5) is 0.576. The fourth-order valence-corrected chi connectivity index (χ4v) is 2.42. The predicted molar refractivity (Wildman–Crippen MR) is 74.6 cm³/mol. The number of hydrogen-bond acceptors (Lipinski definition) is 0. The normalized spacial score (nSPS) is 13.1. The third kappa shape index (κ3) is 4.54. The Bertz CT molecular complexity index is 337. The van der Waals surface area contributed by atoms with Gasteiger partial charge in [-0.05, 0) is 42.9 Å². The highest BCUT2D eigenvalue weighted by molar-refractivity contribution is 9.10. The highest BCUT2D eigenvalue weighted by atomic mass is 79.9. The maximum atomic E-state index is 12.9. The second-order valence-electron chi connectivity index (χ2n) is 4.39. The zero-order chi connectivity index (χ0) is 12.1. The van der Waals surface area contributed by atoms with Crippen molar-refractivity contribution in [3.63, 3.8) is 0 Å². The lowest BCUT2D eigenvalue weighted by Gasteiger charge is -2.13. The van der Waals surface area contributed by atoms with E-state index in [4.69, 9.17) is 0 Å². The van der Waals surface area contributed by atoms with Gasteiger partial charge in [0.2, 0.25) is 0 Å². The number of rotatable bonds is 5. The van der Waals surface area contributed by atoms with Crippen molar-refractivity contribution in [2.75, 3.05) is 0 Å². The third-order valence-electron chi connectivity index (χ3n) is 2.66. The first-order chi connectivity index (χ1) is 7.50. The summed E-state index contributed by atoms with van der Waals surface area (Å²) in [5.74, 6) is 0.479. The number of alkyl halides is 1. The van der Waals surface area contributed by atoms with Crippen molar-refractivity contribution >= 4 is 31.9 Å². The van der Waals surface area contributed by atoms with Gasteiger partial charge >= 0.3 is 0 Å². The molecule has 0 nitrogen and oxygen atoms in total. The molecule has 0 amide bonds. The van der Waals surface area contributed by atoms with E-state index in [1.807, 2.05) is 6.07 Å². The number of hydrogen-bond donors (Lipinski definition) is 0. The largest absolute Gasteiger partial charge is 0.207 e. The molecule has 90 valence electrons. The maximum Gasteiger partial charge on any atom is 0.124 e. The first-order valence-corrected chi connectivity index (χ1v) is 7.29. The lowest BCUT2D eigenvalue weighted by Crippen LogP contribution is -2.07. The van der Waals surface area contributed by atoms with Crippen LogP contribution >= 0.6 is 31.9 Å². The van der Waals surface area contributed by atoms with Gasteiger partial charge in [-0.1, -0.05) is 51.8 Å². The van der Waals surface area contributed by atoms with Crippen LogP contribution in [0.15, 0.2) is 22.7 Å². The molecular formula is C13H17Br2F. The summed E-state index contributed by atoms with van der Waals surface area (Å²) in [6.07, 6.45) is 3.27. The molecule has 0 aliphatic carbocycles. The van der Waals surface area contributed by atoms with Crippen LogP contribution < -0.4 is 0 Å². The molecule has 1 rings (SSSR count). The Kier molecular flexibility index (Phi) is 5.98. The molecule has 0 saturated carbocycles. The average Bonchev–Trinajstić information content (AvgIpc) is 2.20. The van der Waals surface area contributed by atoms with Crippen LogP contribution in [-0.4, -0.2) is 4.83 Å². The van der Waals surface area contributed by atoms with E-state index in [0.717, 1.165) is 23.7 Å². The van der Waals surface area contributed by atoms with Gasteiger partial charge in [0, 0.05) is 9.30 Å². The minimum atomic E-state index is -0.184. The molecule has 0 aromatic heterocycles. The summed E-state index contributed by atoms with van der Waals surface area (Å²) >= 11 is 7.07. The number of aryl methyl sites for hydroxylation is 1. The second kappa shape index (κ2) is 6.75. The predicted octanol–water partition coefficient (Wildman–Crippen LogP) is 5.33. The van der Waals surface area contributed by atoms with E-state index in [0.29, 0.717) is 10.7 Å². The number of benzene rings is 1. The standard InChI is InChI=1S/C13H17Br2F/c1-9(2)12(14)5-3-4-10-6-7-11(16)8-13(10)15/h6-9,12H,3-5H2,1-2H3. The van der Waals surface area contributed by atoms with Crippen molar-refractivity contribution in [3.8, 4) is 0 Å². The summed E-state index contributed by atoms with van der Waals surface area (Å²) < 4.78 is 13.7. The Hall–Kier alpha value is 0.110. The van der Waals surface area contributed by atoms with Crippen LogP contribution in [0.4, 0.5) is 4.39 Å². The summed E-state index contributed by atoms with van der Waals surface area (Å²) in [6.45, 7) is 4.43. The van der Waals surface area contributed by atoms with E-state index in [9.17, 15) is 4.39 Å². The molecule has 1 atom stereocenters. The van der Waals surface area contributed by atoms with Gasteiger partial charge in [-0.2, -0.15) is 0 Å². The topological polar surface area (TPSA) is 0 Å². The summed E-state index contributed by atoms with van der Waals surface area (Å²) in [5.41, 5.74) is 1.19. The lowest BCUT2D eigenvalue weighted by atomic mass is 10.0. The van der Waals surface area contributed by atoms with Crippen molar-refractivity contribution in [2.24, 2.45) is 5.92 Å². The summed E-state index contributed by atoms with van der Waals surface area (Å²) in [5, 5.41) is 0. The maximum absolute atomic E-state index is 12.9. The van der Waals surface area contributed by atoms with E-state index >= 15 is 0 Å². The Morgan fingerprint density at radius 1 is 1.31 bits per heavy atom. The Balaban J connectivity index is 2.43. The van der Waals surface area contributed by atoms with E-state index in [1.165, 1.54) is 17.7 Å². The van der Waals surface area contributed by atoms with Crippen LogP contribution in [0.5, 0.6) is 0 Å². The van der Waals surface area contributed by atoms with Gasteiger partial charge in [-0.15, -0.1) is 0 Å². The van der Waals surface area contributed by atoms with Gasteiger partial charge in [0.05, 0.1) is 0 Å². The monoisotopic (exact) mass is 350 g/mol. The van der Waals surface area contributed by atoms with Crippen LogP contribution in [0.2, 0.25) is 0 Å². The molecule has 0 bridgehead atoms. The Morgan fingerprint density at radius 2 is 2.00 bits per heavy atom. The molecule has 16 heavy (non-hydrogen) atoms. The van der Waals surface area contributed by atoms with Crippen LogP contribution in [0, 0.1) is 11.7 Å². The lowest BCUT2D eigenvalue weighted by molar-refractivity contribution is 0.562. The first-order valence-electron chi connectivity index (χ1n) is 5.58. The molecule has 1 unspecified atom stereocenters. The van der Waals surface area contributed by atoms with E-state index in [-0.39, 0.29) is 5.82 Å². The molecular weight excluding hydrogens is 335 g/mol. The Labute approximate surface area is 114 Å².